The molecule has 0 aliphatic rings. The van der Waals surface area contributed by atoms with E-state index in [1.807, 2.05) is 24.3 Å². The quantitative estimate of drug-likeness (QED) is 0.576. The van der Waals surface area contributed by atoms with Crippen molar-refractivity contribution in [3.05, 3.63) is 42.0 Å². The van der Waals surface area contributed by atoms with Crippen LogP contribution in [0.2, 0.25) is 0 Å². The minimum atomic E-state index is -0.610. The number of carbonyl (C=O) groups excluding carboxylic acids is 2. The number of hydrogen-bond donors (Lipinski definition) is 3. The first kappa shape index (κ1) is 13.2. The van der Waals surface area contributed by atoms with Crippen molar-refractivity contribution < 1.29 is 14.7 Å². The fourth-order valence-electron chi connectivity index (χ4n) is 1.64. The average molecular weight is 279 g/mol. The molecule has 0 aliphatic heterocycles. The van der Waals surface area contributed by atoms with Crippen LogP contribution >= 0.6 is 11.6 Å². The van der Waals surface area contributed by atoms with Gasteiger partial charge in [0.1, 0.15) is 11.6 Å². The molecule has 98 valence electrons. The molecule has 0 heterocycles. The van der Waals surface area contributed by atoms with Crippen molar-refractivity contribution in [2.24, 2.45) is 0 Å². The fourth-order valence-corrected chi connectivity index (χ4v) is 1.70. The molecular formula is C13H11ClN2O3. The second-order valence-electron chi connectivity index (χ2n) is 3.85. The highest BCUT2D eigenvalue weighted by atomic mass is 35.5. The Balaban J connectivity index is 2.26. The summed E-state index contributed by atoms with van der Waals surface area (Å²) >= 11 is 5.28. The standard InChI is InChI=1S/C13H11ClN2O3/c14-7-12(18)15-16-13(19)10-5-8-3-1-2-4-9(8)6-11(10)17/h1-6,17H,7H2,(H,15,18)(H,16,19). The van der Waals surface area contributed by atoms with Gasteiger partial charge in [0.05, 0.1) is 5.56 Å². The Bertz CT molecular complexity index is 643. The molecule has 3 N–H and O–H groups in total. The van der Waals surface area contributed by atoms with E-state index in [0.717, 1.165) is 10.8 Å². The van der Waals surface area contributed by atoms with E-state index in [-0.39, 0.29) is 17.2 Å². The maximum Gasteiger partial charge on any atom is 0.273 e. The minimum Gasteiger partial charge on any atom is -0.507 e. The van der Waals surface area contributed by atoms with Crippen LogP contribution in [0.1, 0.15) is 10.4 Å². The fraction of sp³-hybridized carbons (Fsp3) is 0.0769. The largest absolute Gasteiger partial charge is 0.507 e. The highest BCUT2D eigenvalue weighted by Crippen LogP contribution is 2.24. The Morgan fingerprint density at radius 2 is 1.74 bits per heavy atom. The van der Waals surface area contributed by atoms with Crippen LogP contribution in [0.5, 0.6) is 5.75 Å². The number of amides is 2. The number of halogens is 1. The predicted molar refractivity (Wildman–Crippen MR) is 71.9 cm³/mol. The maximum atomic E-state index is 11.8. The van der Waals surface area contributed by atoms with E-state index in [1.54, 1.807) is 6.07 Å². The van der Waals surface area contributed by atoms with E-state index in [0.29, 0.717) is 0 Å². The molecular weight excluding hydrogens is 268 g/mol. The van der Waals surface area contributed by atoms with Gasteiger partial charge in [-0.05, 0) is 22.9 Å². The van der Waals surface area contributed by atoms with Crippen molar-refractivity contribution in [3.8, 4) is 5.75 Å². The van der Waals surface area contributed by atoms with Crippen LogP contribution in [0.15, 0.2) is 36.4 Å². The van der Waals surface area contributed by atoms with Crippen LogP contribution in [-0.4, -0.2) is 22.8 Å². The van der Waals surface area contributed by atoms with Gasteiger partial charge in [-0.3, -0.25) is 20.4 Å². The highest BCUT2D eigenvalue weighted by Gasteiger charge is 2.12. The first-order valence-corrected chi connectivity index (χ1v) is 6.02. The van der Waals surface area contributed by atoms with Gasteiger partial charge in [0.2, 0.25) is 0 Å². The van der Waals surface area contributed by atoms with Crippen molar-refractivity contribution >= 4 is 34.2 Å². The van der Waals surface area contributed by atoms with Crippen molar-refractivity contribution in [3.63, 3.8) is 0 Å². The zero-order chi connectivity index (χ0) is 13.8. The van der Waals surface area contributed by atoms with Crippen molar-refractivity contribution in [1.29, 1.82) is 0 Å². The van der Waals surface area contributed by atoms with Gasteiger partial charge >= 0.3 is 0 Å². The van der Waals surface area contributed by atoms with Crippen LogP contribution in [0.25, 0.3) is 10.8 Å². The second-order valence-corrected chi connectivity index (χ2v) is 4.12. The molecule has 0 unspecified atom stereocenters. The number of phenolic OH excluding ortho intramolecular Hbond substituents is 1. The number of hydrazine groups is 1. The van der Waals surface area contributed by atoms with E-state index in [1.165, 1.54) is 6.07 Å². The Morgan fingerprint density at radius 3 is 2.37 bits per heavy atom. The monoisotopic (exact) mass is 278 g/mol. The molecule has 0 spiro atoms. The summed E-state index contributed by atoms with van der Waals surface area (Å²) in [5.41, 5.74) is 4.37. The molecule has 0 aromatic heterocycles. The third-order valence-corrected chi connectivity index (χ3v) is 2.79. The Labute approximate surface area is 114 Å². The smallest absolute Gasteiger partial charge is 0.273 e. The molecule has 0 fully saturated rings. The molecule has 0 atom stereocenters. The number of hydrogen-bond acceptors (Lipinski definition) is 3. The number of rotatable bonds is 2. The van der Waals surface area contributed by atoms with Gasteiger partial charge in [0, 0.05) is 0 Å². The zero-order valence-corrected chi connectivity index (χ0v) is 10.6. The first-order valence-electron chi connectivity index (χ1n) is 5.48. The third-order valence-electron chi connectivity index (χ3n) is 2.55. The molecule has 2 amide bonds. The molecule has 2 aromatic carbocycles. The summed E-state index contributed by atoms with van der Waals surface area (Å²) in [6.07, 6.45) is 0. The van der Waals surface area contributed by atoms with Gasteiger partial charge < -0.3 is 5.11 Å². The molecule has 0 radical (unpaired) electrons. The van der Waals surface area contributed by atoms with Crippen molar-refractivity contribution in [1.82, 2.24) is 10.9 Å². The Hall–Kier alpha value is -2.27. The van der Waals surface area contributed by atoms with E-state index < -0.39 is 11.8 Å². The van der Waals surface area contributed by atoms with Crippen LogP contribution < -0.4 is 10.9 Å². The lowest BCUT2D eigenvalue weighted by atomic mass is 10.1. The second kappa shape index (κ2) is 5.58. The van der Waals surface area contributed by atoms with Crippen molar-refractivity contribution in [2.75, 3.05) is 5.88 Å². The van der Waals surface area contributed by atoms with Crippen LogP contribution in [-0.2, 0) is 4.79 Å². The van der Waals surface area contributed by atoms with Gasteiger partial charge in [-0.15, -0.1) is 11.6 Å². The topological polar surface area (TPSA) is 78.4 Å². The number of carbonyl (C=O) groups is 2. The summed E-state index contributed by atoms with van der Waals surface area (Å²) < 4.78 is 0. The summed E-state index contributed by atoms with van der Waals surface area (Å²) in [5.74, 6) is -1.56. The predicted octanol–water partition coefficient (Wildman–Crippen LogP) is 1.55. The molecule has 0 saturated carbocycles. The number of aromatic hydroxyl groups is 1. The molecule has 2 aromatic rings. The zero-order valence-electron chi connectivity index (χ0n) is 9.81. The number of phenols is 1. The van der Waals surface area contributed by atoms with Gasteiger partial charge in [-0.25, -0.2) is 0 Å². The lowest BCUT2D eigenvalue weighted by molar-refractivity contribution is -0.119. The minimum absolute atomic E-state index is 0.0774. The van der Waals surface area contributed by atoms with E-state index in [9.17, 15) is 14.7 Å². The van der Waals surface area contributed by atoms with Crippen LogP contribution in [0.4, 0.5) is 0 Å². The molecule has 0 aliphatic carbocycles. The maximum absolute atomic E-state index is 11.8. The SMILES string of the molecule is O=C(CCl)NNC(=O)c1cc2ccccc2cc1O. The molecule has 19 heavy (non-hydrogen) atoms. The summed E-state index contributed by atoms with van der Waals surface area (Å²) in [6, 6.07) is 10.4. The summed E-state index contributed by atoms with van der Waals surface area (Å²) in [5, 5.41) is 11.4. The van der Waals surface area contributed by atoms with Gasteiger partial charge in [0.15, 0.2) is 0 Å². The third kappa shape index (κ3) is 2.95. The van der Waals surface area contributed by atoms with E-state index >= 15 is 0 Å². The normalized spacial score (nSPS) is 10.2. The summed E-state index contributed by atoms with van der Waals surface area (Å²) in [6.45, 7) is 0. The summed E-state index contributed by atoms with van der Waals surface area (Å²) in [7, 11) is 0. The van der Waals surface area contributed by atoms with E-state index in [4.69, 9.17) is 11.6 Å². The molecule has 2 rings (SSSR count). The van der Waals surface area contributed by atoms with Crippen molar-refractivity contribution in [2.45, 2.75) is 0 Å². The number of nitrogens with one attached hydrogen (secondary N) is 2. The highest BCUT2D eigenvalue weighted by molar-refractivity contribution is 6.27. The molecule has 0 bridgehead atoms. The van der Waals surface area contributed by atoms with Crippen LogP contribution in [0, 0.1) is 0 Å². The number of fused-ring (bicyclic) bond motifs is 1. The summed E-state index contributed by atoms with van der Waals surface area (Å²) in [4.78, 5) is 22.7. The first-order chi connectivity index (χ1) is 9.11. The Morgan fingerprint density at radius 1 is 1.11 bits per heavy atom. The van der Waals surface area contributed by atoms with Crippen LogP contribution in [0.3, 0.4) is 0 Å². The molecule has 5 nitrogen and oxygen atoms in total. The van der Waals surface area contributed by atoms with Gasteiger partial charge in [-0.1, -0.05) is 24.3 Å². The lowest BCUT2D eigenvalue weighted by Crippen LogP contribution is -2.42. The number of alkyl halides is 1. The van der Waals surface area contributed by atoms with E-state index in [2.05, 4.69) is 10.9 Å². The molecule has 0 saturated heterocycles. The van der Waals surface area contributed by atoms with Gasteiger partial charge in [0.25, 0.3) is 11.8 Å². The van der Waals surface area contributed by atoms with Gasteiger partial charge in [-0.2, -0.15) is 0 Å². The lowest BCUT2D eigenvalue weighted by Gasteiger charge is -2.08. The number of benzene rings is 2. The Kier molecular flexibility index (Phi) is 3.87. The molecule has 6 heteroatoms. The average Bonchev–Trinajstić information content (AvgIpc) is 2.43.